The molecule has 0 aliphatic carbocycles. The Balaban J connectivity index is 1.81. The summed E-state index contributed by atoms with van der Waals surface area (Å²) >= 11 is 0. The summed E-state index contributed by atoms with van der Waals surface area (Å²) in [6.45, 7) is 2.24. The van der Waals surface area contributed by atoms with Gasteiger partial charge in [-0.3, -0.25) is 4.79 Å². The average molecular weight is 319 g/mol. The minimum Gasteiger partial charge on any atom is -0.480 e. The predicted molar refractivity (Wildman–Crippen MR) is 79.3 cm³/mol. The molecule has 0 amide bonds. The number of para-hydroxylation sites is 1. The predicted octanol–water partition coefficient (Wildman–Crippen LogP) is 2.29. The molecule has 23 heavy (non-hydrogen) atoms. The van der Waals surface area contributed by atoms with E-state index in [9.17, 15) is 9.18 Å². The first-order valence-corrected chi connectivity index (χ1v) is 7.51. The van der Waals surface area contributed by atoms with Crippen molar-refractivity contribution >= 4 is 5.97 Å². The minimum atomic E-state index is -0.482. The summed E-state index contributed by atoms with van der Waals surface area (Å²) in [5.74, 6) is 0.671. The SMILES string of the molecule is COC(=O)C1CCc2nnc(C(C)Oc3ccccc3F)n2C1. The van der Waals surface area contributed by atoms with Crippen molar-refractivity contribution in [2.75, 3.05) is 7.11 Å². The van der Waals surface area contributed by atoms with Crippen molar-refractivity contribution in [1.29, 1.82) is 0 Å². The van der Waals surface area contributed by atoms with Gasteiger partial charge in [0.15, 0.2) is 23.5 Å². The standard InChI is InChI=1S/C16H18FN3O3/c1-10(23-13-6-4-3-5-12(13)17)15-19-18-14-8-7-11(9-20(14)15)16(21)22-2/h3-6,10-11H,7-9H2,1-2H3. The number of hydrogen-bond acceptors (Lipinski definition) is 5. The Morgan fingerprint density at radius 1 is 1.39 bits per heavy atom. The number of esters is 1. The molecule has 0 radical (unpaired) electrons. The van der Waals surface area contributed by atoms with Crippen molar-refractivity contribution in [2.24, 2.45) is 5.92 Å². The number of aromatic nitrogens is 3. The first-order valence-electron chi connectivity index (χ1n) is 7.51. The van der Waals surface area contributed by atoms with Gasteiger partial charge in [0, 0.05) is 13.0 Å². The third kappa shape index (κ3) is 3.04. The van der Waals surface area contributed by atoms with Gasteiger partial charge < -0.3 is 14.0 Å². The van der Waals surface area contributed by atoms with E-state index < -0.39 is 11.9 Å². The van der Waals surface area contributed by atoms with E-state index in [1.54, 1.807) is 25.1 Å². The summed E-state index contributed by atoms with van der Waals surface area (Å²) < 4.78 is 26.1. The van der Waals surface area contributed by atoms with Gasteiger partial charge in [-0.1, -0.05) is 12.1 Å². The van der Waals surface area contributed by atoms with Crippen LogP contribution in [0.15, 0.2) is 24.3 Å². The fourth-order valence-corrected chi connectivity index (χ4v) is 2.79. The monoisotopic (exact) mass is 319 g/mol. The van der Waals surface area contributed by atoms with Crippen LogP contribution in [-0.2, 0) is 22.5 Å². The molecule has 2 atom stereocenters. The topological polar surface area (TPSA) is 66.2 Å². The summed E-state index contributed by atoms with van der Waals surface area (Å²) in [5, 5.41) is 8.31. The van der Waals surface area contributed by atoms with E-state index in [1.165, 1.54) is 13.2 Å². The fraction of sp³-hybridized carbons (Fsp3) is 0.438. The molecule has 2 heterocycles. The number of ether oxygens (including phenoxy) is 2. The quantitative estimate of drug-likeness (QED) is 0.809. The Bertz CT molecular complexity index is 716. The van der Waals surface area contributed by atoms with Gasteiger partial charge in [0.25, 0.3) is 0 Å². The van der Waals surface area contributed by atoms with Gasteiger partial charge in [-0.15, -0.1) is 10.2 Å². The second-order valence-corrected chi connectivity index (χ2v) is 5.53. The number of carbonyl (C=O) groups excluding carboxylic acids is 1. The van der Waals surface area contributed by atoms with Crippen LogP contribution in [0.3, 0.4) is 0 Å². The summed E-state index contributed by atoms with van der Waals surface area (Å²) in [6, 6.07) is 6.22. The molecular formula is C16H18FN3O3. The normalized spacial score (nSPS) is 18.1. The van der Waals surface area contributed by atoms with E-state index in [1.807, 2.05) is 4.57 Å². The largest absolute Gasteiger partial charge is 0.480 e. The Morgan fingerprint density at radius 3 is 2.91 bits per heavy atom. The van der Waals surface area contributed by atoms with Crippen LogP contribution in [0.4, 0.5) is 4.39 Å². The third-order valence-electron chi connectivity index (χ3n) is 4.01. The Kier molecular flexibility index (Phi) is 4.27. The number of rotatable bonds is 4. The Labute approximate surface area is 133 Å². The van der Waals surface area contributed by atoms with Crippen LogP contribution in [0, 0.1) is 11.7 Å². The van der Waals surface area contributed by atoms with Gasteiger partial charge in [0.1, 0.15) is 5.82 Å². The molecule has 7 heteroatoms. The van der Waals surface area contributed by atoms with Gasteiger partial charge in [0.2, 0.25) is 0 Å². The van der Waals surface area contributed by atoms with E-state index in [2.05, 4.69) is 10.2 Å². The van der Waals surface area contributed by atoms with Gasteiger partial charge in [-0.25, -0.2) is 4.39 Å². The maximum atomic E-state index is 13.7. The molecule has 0 saturated heterocycles. The van der Waals surface area contributed by atoms with Crippen molar-refractivity contribution in [2.45, 2.75) is 32.4 Å². The van der Waals surface area contributed by atoms with Gasteiger partial charge >= 0.3 is 5.97 Å². The zero-order valence-corrected chi connectivity index (χ0v) is 13.0. The van der Waals surface area contributed by atoms with Crippen molar-refractivity contribution < 1.29 is 18.7 Å². The lowest BCUT2D eigenvalue weighted by Crippen LogP contribution is -2.29. The lowest BCUT2D eigenvalue weighted by Gasteiger charge is -2.24. The highest BCUT2D eigenvalue weighted by molar-refractivity contribution is 5.72. The molecule has 1 aromatic carbocycles. The summed E-state index contributed by atoms with van der Waals surface area (Å²) in [4.78, 5) is 11.8. The van der Waals surface area contributed by atoms with Crippen LogP contribution in [0.25, 0.3) is 0 Å². The molecule has 1 aliphatic heterocycles. The second-order valence-electron chi connectivity index (χ2n) is 5.53. The molecule has 122 valence electrons. The summed E-state index contributed by atoms with van der Waals surface area (Å²) in [5.41, 5.74) is 0. The zero-order valence-electron chi connectivity index (χ0n) is 13.0. The number of methoxy groups -OCH3 is 1. The van der Waals surface area contributed by atoms with Crippen molar-refractivity contribution in [1.82, 2.24) is 14.8 Å². The van der Waals surface area contributed by atoms with E-state index in [-0.39, 0.29) is 17.6 Å². The molecule has 0 N–H and O–H groups in total. The lowest BCUT2D eigenvalue weighted by atomic mass is 9.99. The smallest absolute Gasteiger partial charge is 0.310 e. The maximum Gasteiger partial charge on any atom is 0.310 e. The second kappa shape index (κ2) is 6.36. The highest BCUT2D eigenvalue weighted by Crippen LogP contribution is 2.27. The number of aryl methyl sites for hydroxylation is 1. The summed E-state index contributed by atoms with van der Waals surface area (Å²) in [6.07, 6.45) is 0.858. The van der Waals surface area contributed by atoms with E-state index in [0.29, 0.717) is 25.2 Å². The molecule has 1 aliphatic rings. The molecule has 1 aromatic heterocycles. The van der Waals surface area contributed by atoms with Gasteiger partial charge in [-0.2, -0.15) is 0 Å². The molecule has 0 spiro atoms. The molecular weight excluding hydrogens is 301 g/mol. The number of nitrogens with zero attached hydrogens (tertiary/aromatic N) is 3. The average Bonchev–Trinajstić information content (AvgIpc) is 2.99. The molecule has 0 fully saturated rings. The Hall–Kier alpha value is -2.44. The van der Waals surface area contributed by atoms with E-state index in [0.717, 1.165) is 5.82 Å². The van der Waals surface area contributed by atoms with Crippen LogP contribution in [-0.4, -0.2) is 27.8 Å². The third-order valence-corrected chi connectivity index (χ3v) is 4.01. The summed E-state index contributed by atoms with van der Waals surface area (Å²) in [7, 11) is 1.38. The number of benzene rings is 1. The van der Waals surface area contributed by atoms with Crippen molar-refractivity contribution in [3.63, 3.8) is 0 Å². The van der Waals surface area contributed by atoms with Crippen LogP contribution >= 0.6 is 0 Å². The molecule has 6 nitrogen and oxygen atoms in total. The van der Waals surface area contributed by atoms with Crippen LogP contribution in [0.2, 0.25) is 0 Å². The van der Waals surface area contributed by atoms with E-state index >= 15 is 0 Å². The number of carbonyl (C=O) groups is 1. The first-order chi connectivity index (χ1) is 11.1. The van der Waals surface area contributed by atoms with Crippen LogP contribution in [0.1, 0.15) is 31.1 Å². The van der Waals surface area contributed by atoms with Crippen molar-refractivity contribution in [3.05, 3.63) is 41.7 Å². The minimum absolute atomic E-state index is 0.165. The van der Waals surface area contributed by atoms with E-state index in [4.69, 9.17) is 9.47 Å². The molecule has 0 saturated carbocycles. The van der Waals surface area contributed by atoms with Gasteiger partial charge in [-0.05, 0) is 25.5 Å². The first kappa shape index (κ1) is 15.5. The highest BCUT2D eigenvalue weighted by Gasteiger charge is 2.30. The van der Waals surface area contributed by atoms with Crippen LogP contribution in [0.5, 0.6) is 5.75 Å². The number of hydrogen-bond donors (Lipinski definition) is 0. The molecule has 0 bridgehead atoms. The lowest BCUT2D eigenvalue weighted by molar-refractivity contribution is -0.146. The Morgan fingerprint density at radius 2 is 2.17 bits per heavy atom. The van der Waals surface area contributed by atoms with Crippen LogP contribution < -0.4 is 4.74 Å². The number of halogens is 1. The highest BCUT2D eigenvalue weighted by atomic mass is 19.1. The molecule has 2 unspecified atom stereocenters. The molecule has 2 aromatic rings. The van der Waals surface area contributed by atoms with Crippen molar-refractivity contribution in [3.8, 4) is 5.75 Å². The number of fused-ring (bicyclic) bond motifs is 1. The molecule has 3 rings (SSSR count). The van der Waals surface area contributed by atoms with Gasteiger partial charge in [0.05, 0.1) is 13.0 Å². The maximum absolute atomic E-state index is 13.7. The fourth-order valence-electron chi connectivity index (χ4n) is 2.79. The zero-order chi connectivity index (χ0) is 16.4.